The summed E-state index contributed by atoms with van der Waals surface area (Å²) in [7, 11) is 0. The van der Waals surface area contributed by atoms with Gasteiger partial charge in [0.2, 0.25) is 5.89 Å². The SMILES string of the molecule is CC(O)(CNCc1coc(-c2ccccc2)n1)c1ccccc1. The number of oxazole rings is 1. The Bertz CT molecular complexity index is 736. The Morgan fingerprint density at radius 3 is 2.39 bits per heavy atom. The van der Waals surface area contributed by atoms with Gasteiger partial charge in [-0.25, -0.2) is 4.98 Å². The summed E-state index contributed by atoms with van der Waals surface area (Å²) in [5, 5.41) is 13.8. The standard InChI is InChI=1S/C19H20N2O2/c1-19(22,16-10-6-3-7-11-16)14-20-12-17-13-23-18(21-17)15-8-4-2-5-9-15/h2-11,13,20,22H,12,14H2,1H3. The molecule has 0 fully saturated rings. The highest BCUT2D eigenvalue weighted by Gasteiger charge is 2.22. The van der Waals surface area contributed by atoms with Crippen molar-refractivity contribution < 1.29 is 9.52 Å². The molecule has 3 rings (SSSR count). The van der Waals surface area contributed by atoms with E-state index in [0.717, 1.165) is 16.8 Å². The van der Waals surface area contributed by atoms with E-state index in [1.165, 1.54) is 0 Å². The molecule has 2 N–H and O–H groups in total. The molecule has 1 heterocycles. The number of nitrogens with zero attached hydrogens (tertiary/aromatic N) is 1. The first-order valence-electron chi connectivity index (χ1n) is 7.63. The van der Waals surface area contributed by atoms with Gasteiger partial charge in [0, 0.05) is 18.7 Å². The molecule has 0 radical (unpaired) electrons. The van der Waals surface area contributed by atoms with E-state index in [4.69, 9.17) is 4.42 Å². The number of rotatable bonds is 6. The van der Waals surface area contributed by atoms with Crippen LogP contribution >= 0.6 is 0 Å². The summed E-state index contributed by atoms with van der Waals surface area (Å²) in [6.07, 6.45) is 1.65. The summed E-state index contributed by atoms with van der Waals surface area (Å²) in [6.45, 7) is 2.78. The first kappa shape index (κ1) is 15.5. The molecule has 3 aromatic rings. The Morgan fingerprint density at radius 1 is 1.04 bits per heavy atom. The van der Waals surface area contributed by atoms with Crippen molar-refractivity contribution in [3.05, 3.63) is 78.2 Å². The summed E-state index contributed by atoms with van der Waals surface area (Å²) >= 11 is 0. The molecule has 0 amide bonds. The zero-order valence-electron chi connectivity index (χ0n) is 13.1. The molecule has 0 spiro atoms. The fourth-order valence-corrected chi connectivity index (χ4v) is 2.43. The number of hydrogen-bond donors (Lipinski definition) is 2. The molecule has 1 atom stereocenters. The van der Waals surface area contributed by atoms with Crippen molar-refractivity contribution in [1.29, 1.82) is 0 Å². The van der Waals surface area contributed by atoms with Crippen LogP contribution in [0, 0.1) is 0 Å². The highest BCUT2D eigenvalue weighted by atomic mass is 16.3. The van der Waals surface area contributed by atoms with Crippen molar-refractivity contribution in [3.8, 4) is 11.5 Å². The van der Waals surface area contributed by atoms with Crippen LogP contribution < -0.4 is 5.32 Å². The second-order valence-corrected chi connectivity index (χ2v) is 5.75. The van der Waals surface area contributed by atoms with Gasteiger partial charge in [-0.15, -0.1) is 0 Å². The minimum Gasteiger partial charge on any atom is -0.444 e. The lowest BCUT2D eigenvalue weighted by Gasteiger charge is -2.24. The van der Waals surface area contributed by atoms with Gasteiger partial charge in [0.25, 0.3) is 0 Å². The van der Waals surface area contributed by atoms with E-state index in [-0.39, 0.29) is 0 Å². The van der Waals surface area contributed by atoms with Gasteiger partial charge in [0.05, 0.1) is 11.3 Å². The van der Waals surface area contributed by atoms with E-state index in [1.54, 1.807) is 13.2 Å². The molecule has 0 aliphatic carbocycles. The maximum atomic E-state index is 10.5. The minimum absolute atomic E-state index is 0.435. The van der Waals surface area contributed by atoms with E-state index in [1.807, 2.05) is 60.7 Å². The number of nitrogens with one attached hydrogen (secondary N) is 1. The molecule has 1 aromatic heterocycles. The van der Waals surface area contributed by atoms with Crippen molar-refractivity contribution in [3.63, 3.8) is 0 Å². The highest BCUT2D eigenvalue weighted by molar-refractivity contribution is 5.52. The third-order valence-corrected chi connectivity index (χ3v) is 3.74. The van der Waals surface area contributed by atoms with Crippen LogP contribution in [-0.2, 0) is 12.1 Å². The molecule has 0 aliphatic heterocycles. The van der Waals surface area contributed by atoms with Gasteiger partial charge >= 0.3 is 0 Å². The molecule has 118 valence electrons. The monoisotopic (exact) mass is 308 g/mol. The molecule has 23 heavy (non-hydrogen) atoms. The van der Waals surface area contributed by atoms with Crippen LogP contribution in [0.15, 0.2) is 71.3 Å². The summed E-state index contributed by atoms with van der Waals surface area (Å²) in [4.78, 5) is 4.46. The largest absolute Gasteiger partial charge is 0.444 e. The fourth-order valence-electron chi connectivity index (χ4n) is 2.43. The minimum atomic E-state index is -0.923. The van der Waals surface area contributed by atoms with Crippen molar-refractivity contribution in [2.75, 3.05) is 6.54 Å². The molecular formula is C19H20N2O2. The van der Waals surface area contributed by atoms with Crippen LogP contribution in [0.2, 0.25) is 0 Å². The van der Waals surface area contributed by atoms with Crippen molar-refractivity contribution in [2.24, 2.45) is 0 Å². The van der Waals surface area contributed by atoms with Crippen LogP contribution in [0.3, 0.4) is 0 Å². The third kappa shape index (κ3) is 3.86. The normalized spacial score (nSPS) is 13.7. The number of benzene rings is 2. The first-order chi connectivity index (χ1) is 11.1. The topological polar surface area (TPSA) is 58.3 Å². The average molecular weight is 308 g/mol. The molecule has 0 saturated carbocycles. The van der Waals surface area contributed by atoms with Gasteiger partial charge in [-0.3, -0.25) is 0 Å². The summed E-state index contributed by atoms with van der Waals surface area (Å²) < 4.78 is 5.50. The Balaban J connectivity index is 1.58. The second kappa shape index (κ2) is 6.77. The zero-order valence-corrected chi connectivity index (χ0v) is 13.1. The zero-order chi connectivity index (χ0) is 16.1. The van der Waals surface area contributed by atoms with Gasteiger partial charge in [0.15, 0.2) is 0 Å². The van der Waals surface area contributed by atoms with Crippen LogP contribution in [-0.4, -0.2) is 16.6 Å². The molecule has 4 nitrogen and oxygen atoms in total. The third-order valence-electron chi connectivity index (χ3n) is 3.74. The quantitative estimate of drug-likeness (QED) is 0.733. The Kier molecular flexibility index (Phi) is 4.55. The smallest absolute Gasteiger partial charge is 0.226 e. The van der Waals surface area contributed by atoms with Gasteiger partial charge in [-0.1, -0.05) is 48.5 Å². The van der Waals surface area contributed by atoms with E-state index < -0.39 is 5.60 Å². The Morgan fingerprint density at radius 2 is 1.70 bits per heavy atom. The maximum absolute atomic E-state index is 10.5. The van der Waals surface area contributed by atoms with E-state index in [0.29, 0.717) is 19.0 Å². The summed E-state index contributed by atoms with van der Waals surface area (Å²) in [6, 6.07) is 19.4. The van der Waals surface area contributed by atoms with Crippen LogP contribution in [0.1, 0.15) is 18.2 Å². The van der Waals surface area contributed by atoms with Crippen molar-refractivity contribution >= 4 is 0 Å². The molecule has 0 aliphatic rings. The number of aromatic nitrogens is 1. The van der Waals surface area contributed by atoms with Crippen LogP contribution in [0.25, 0.3) is 11.5 Å². The second-order valence-electron chi connectivity index (χ2n) is 5.75. The van der Waals surface area contributed by atoms with Crippen molar-refractivity contribution in [2.45, 2.75) is 19.1 Å². The maximum Gasteiger partial charge on any atom is 0.226 e. The Hall–Kier alpha value is -2.43. The highest BCUT2D eigenvalue weighted by Crippen LogP contribution is 2.20. The van der Waals surface area contributed by atoms with E-state index in [2.05, 4.69) is 10.3 Å². The van der Waals surface area contributed by atoms with Gasteiger partial charge in [0.1, 0.15) is 6.26 Å². The summed E-state index contributed by atoms with van der Waals surface area (Å²) in [5.41, 5.74) is 1.73. The van der Waals surface area contributed by atoms with E-state index >= 15 is 0 Å². The molecule has 0 saturated heterocycles. The lowest BCUT2D eigenvalue weighted by atomic mass is 9.96. The molecule has 1 unspecified atom stereocenters. The van der Waals surface area contributed by atoms with E-state index in [9.17, 15) is 5.11 Å². The summed E-state index contributed by atoms with van der Waals surface area (Å²) in [5.74, 6) is 0.609. The lowest BCUT2D eigenvalue weighted by molar-refractivity contribution is 0.0566. The van der Waals surface area contributed by atoms with Gasteiger partial charge in [-0.05, 0) is 24.6 Å². The van der Waals surface area contributed by atoms with Crippen molar-refractivity contribution in [1.82, 2.24) is 10.3 Å². The van der Waals surface area contributed by atoms with Crippen LogP contribution in [0.4, 0.5) is 0 Å². The number of aliphatic hydroxyl groups is 1. The Labute approximate surface area is 135 Å². The fraction of sp³-hybridized carbons (Fsp3) is 0.211. The predicted octanol–water partition coefficient (Wildman–Crippen LogP) is 3.34. The van der Waals surface area contributed by atoms with Gasteiger partial charge in [-0.2, -0.15) is 0 Å². The van der Waals surface area contributed by atoms with Gasteiger partial charge < -0.3 is 14.8 Å². The molecular weight excluding hydrogens is 288 g/mol. The molecule has 0 bridgehead atoms. The molecule has 4 heteroatoms. The predicted molar refractivity (Wildman–Crippen MR) is 89.7 cm³/mol. The molecule has 2 aromatic carbocycles. The lowest BCUT2D eigenvalue weighted by Crippen LogP contribution is -2.35. The first-order valence-corrected chi connectivity index (χ1v) is 7.63. The average Bonchev–Trinajstić information content (AvgIpc) is 3.05. The number of hydrogen-bond acceptors (Lipinski definition) is 4. The van der Waals surface area contributed by atoms with Crippen LogP contribution in [0.5, 0.6) is 0 Å².